The van der Waals surface area contributed by atoms with Crippen molar-refractivity contribution < 1.29 is 19.1 Å². The van der Waals surface area contributed by atoms with Crippen molar-refractivity contribution in [1.82, 2.24) is 10.6 Å². The number of carbonyl (C=O) groups is 3. The molecule has 2 amide bonds. The third-order valence-electron chi connectivity index (χ3n) is 3.44. The van der Waals surface area contributed by atoms with E-state index in [1.165, 1.54) is 13.0 Å². The number of benzene rings is 2. The number of esters is 1. The van der Waals surface area contributed by atoms with Crippen LogP contribution in [0.4, 0.5) is 0 Å². The van der Waals surface area contributed by atoms with Gasteiger partial charge in [-0.25, -0.2) is 0 Å². The number of nitrogens with one attached hydrogen (secondary N) is 2. The second kappa shape index (κ2) is 8.63. The van der Waals surface area contributed by atoms with Gasteiger partial charge in [-0.1, -0.05) is 24.3 Å². The number of hydrogen-bond acceptors (Lipinski definition) is 4. The standard InChI is InChI=1S/C19H20N2O4/c1-13-6-3-4-9-17(13)19(24)21-11-10-20-18(23)15-7-5-8-16(12-15)25-14(2)22/h3-9,12H,10-11H2,1-2H3,(H,20,23)(H,21,24). The van der Waals surface area contributed by atoms with E-state index in [1.807, 2.05) is 19.1 Å². The summed E-state index contributed by atoms with van der Waals surface area (Å²) >= 11 is 0. The molecule has 2 aromatic carbocycles. The quantitative estimate of drug-likeness (QED) is 0.479. The van der Waals surface area contributed by atoms with E-state index in [0.717, 1.165) is 5.56 Å². The largest absolute Gasteiger partial charge is 0.427 e. The second-order valence-electron chi connectivity index (χ2n) is 5.45. The molecule has 0 atom stereocenters. The lowest BCUT2D eigenvalue weighted by molar-refractivity contribution is -0.131. The number of rotatable bonds is 6. The van der Waals surface area contributed by atoms with Crippen molar-refractivity contribution in [3.8, 4) is 5.75 Å². The summed E-state index contributed by atoms with van der Waals surface area (Å²) in [5.74, 6) is -0.618. The molecule has 2 aromatic rings. The zero-order chi connectivity index (χ0) is 18.2. The van der Waals surface area contributed by atoms with Gasteiger partial charge in [0.25, 0.3) is 11.8 Å². The monoisotopic (exact) mass is 340 g/mol. The first-order valence-corrected chi connectivity index (χ1v) is 7.88. The molecule has 2 N–H and O–H groups in total. The van der Waals surface area contributed by atoms with Crippen LogP contribution in [0.1, 0.15) is 33.2 Å². The fraction of sp³-hybridized carbons (Fsp3) is 0.211. The van der Waals surface area contributed by atoms with Crippen LogP contribution in [-0.2, 0) is 4.79 Å². The third-order valence-corrected chi connectivity index (χ3v) is 3.44. The van der Waals surface area contributed by atoms with Crippen molar-refractivity contribution in [1.29, 1.82) is 0 Å². The fourth-order valence-corrected chi connectivity index (χ4v) is 2.24. The van der Waals surface area contributed by atoms with Gasteiger partial charge >= 0.3 is 5.97 Å². The lowest BCUT2D eigenvalue weighted by Crippen LogP contribution is -2.34. The second-order valence-corrected chi connectivity index (χ2v) is 5.45. The van der Waals surface area contributed by atoms with E-state index >= 15 is 0 Å². The van der Waals surface area contributed by atoms with Crippen LogP contribution in [0.2, 0.25) is 0 Å². The highest BCUT2D eigenvalue weighted by atomic mass is 16.5. The van der Waals surface area contributed by atoms with E-state index in [2.05, 4.69) is 10.6 Å². The van der Waals surface area contributed by atoms with Crippen molar-refractivity contribution in [2.24, 2.45) is 0 Å². The van der Waals surface area contributed by atoms with Crippen molar-refractivity contribution in [2.75, 3.05) is 13.1 Å². The van der Waals surface area contributed by atoms with Crippen LogP contribution >= 0.6 is 0 Å². The van der Waals surface area contributed by atoms with Gasteiger partial charge in [-0.3, -0.25) is 14.4 Å². The van der Waals surface area contributed by atoms with Gasteiger partial charge in [0.15, 0.2) is 0 Å². The van der Waals surface area contributed by atoms with Gasteiger partial charge in [-0.15, -0.1) is 0 Å². The number of aryl methyl sites for hydroxylation is 1. The summed E-state index contributed by atoms with van der Waals surface area (Å²) < 4.78 is 4.95. The Hall–Kier alpha value is -3.15. The summed E-state index contributed by atoms with van der Waals surface area (Å²) in [5.41, 5.74) is 1.89. The summed E-state index contributed by atoms with van der Waals surface area (Å²) in [5, 5.41) is 5.47. The minimum absolute atomic E-state index is 0.177. The molecule has 0 saturated heterocycles. The molecule has 0 spiro atoms. The maximum Gasteiger partial charge on any atom is 0.308 e. The van der Waals surface area contributed by atoms with Crippen LogP contribution in [0.5, 0.6) is 5.75 Å². The minimum Gasteiger partial charge on any atom is -0.427 e. The first kappa shape index (κ1) is 18.2. The highest BCUT2D eigenvalue weighted by molar-refractivity contribution is 5.96. The van der Waals surface area contributed by atoms with Crippen LogP contribution in [0.15, 0.2) is 48.5 Å². The van der Waals surface area contributed by atoms with Gasteiger partial charge in [0, 0.05) is 31.1 Å². The third kappa shape index (κ3) is 5.46. The Balaban J connectivity index is 1.82. The molecule has 2 rings (SSSR count). The average molecular weight is 340 g/mol. The Morgan fingerprint density at radius 2 is 1.60 bits per heavy atom. The first-order chi connectivity index (χ1) is 12.0. The molecule has 0 aliphatic heterocycles. The Kier molecular flexibility index (Phi) is 6.28. The van der Waals surface area contributed by atoms with E-state index in [0.29, 0.717) is 23.4 Å². The Bertz CT molecular complexity index is 786. The molecule has 0 fully saturated rings. The van der Waals surface area contributed by atoms with Crippen LogP contribution in [0.3, 0.4) is 0 Å². The summed E-state index contributed by atoms with van der Waals surface area (Å²) in [6, 6.07) is 13.6. The Labute approximate surface area is 146 Å². The van der Waals surface area contributed by atoms with Gasteiger partial charge in [0.1, 0.15) is 5.75 Å². The highest BCUT2D eigenvalue weighted by Gasteiger charge is 2.09. The van der Waals surface area contributed by atoms with Gasteiger partial charge in [-0.05, 0) is 36.8 Å². The molecule has 0 saturated carbocycles. The zero-order valence-corrected chi connectivity index (χ0v) is 14.2. The Morgan fingerprint density at radius 3 is 2.28 bits per heavy atom. The molecular formula is C19H20N2O4. The van der Waals surface area contributed by atoms with E-state index in [-0.39, 0.29) is 18.4 Å². The predicted octanol–water partition coefficient (Wildman–Crippen LogP) is 2.08. The van der Waals surface area contributed by atoms with Gasteiger partial charge in [0.05, 0.1) is 0 Å². The fourth-order valence-electron chi connectivity index (χ4n) is 2.24. The minimum atomic E-state index is -0.448. The van der Waals surface area contributed by atoms with Gasteiger partial charge in [-0.2, -0.15) is 0 Å². The van der Waals surface area contributed by atoms with Crippen LogP contribution < -0.4 is 15.4 Å². The van der Waals surface area contributed by atoms with Crippen LogP contribution in [0, 0.1) is 6.92 Å². The number of ether oxygens (including phenoxy) is 1. The highest BCUT2D eigenvalue weighted by Crippen LogP contribution is 2.13. The van der Waals surface area contributed by atoms with Crippen molar-refractivity contribution in [3.05, 3.63) is 65.2 Å². The van der Waals surface area contributed by atoms with E-state index < -0.39 is 5.97 Å². The molecule has 6 heteroatoms. The zero-order valence-electron chi connectivity index (χ0n) is 14.2. The predicted molar refractivity (Wildman–Crippen MR) is 93.6 cm³/mol. The summed E-state index contributed by atoms with van der Waals surface area (Å²) in [6.45, 7) is 3.76. The van der Waals surface area contributed by atoms with Crippen molar-refractivity contribution >= 4 is 17.8 Å². The van der Waals surface area contributed by atoms with E-state index in [1.54, 1.807) is 30.3 Å². The molecule has 0 heterocycles. The normalized spacial score (nSPS) is 10.0. The van der Waals surface area contributed by atoms with Crippen molar-refractivity contribution in [2.45, 2.75) is 13.8 Å². The van der Waals surface area contributed by atoms with Crippen LogP contribution in [0.25, 0.3) is 0 Å². The maximum atomic E-state index is 12.1. The van der Waals surface area contributed by atoms with Crippen molar-refractivity contribution in [3.63, 3.8) is 0 Å². The lowest BCUT2D eigenvalue weighted by Gasteiger charge is -2.09. The summed E-state index contributed by atoms with van der Waals surface area (Å²) in [6.07, 6.45) is 0. The molecule has 6 nitrogen and oxygen atoms in total. The lowest BCUT2D eigenvalue weighted by atomic mass is 10.1. The molecule has 0 bridgehead atoms. The molecule has 0 aliphatic rings. The number of hydrogen-bond donors (Lipinski definition) is 2. The molecule has 130 valence electrons. The number of carbonyl (C=O) groups excluding carboxylic acids is 3. The summed E-state index contributed by atoms with van der Waals surface area (Å²) in [7, 11) is 0. The number of amides is 2. The smallest absolute Gasteiger partial charge is 0.308 e. The SMILES string of the molecule is CC(=O)Oc1cccc(C(=O)NCCNC(=O)c2ccccc2C)c1. The maximum absolute atomic E-state index is 12.1. The van der Waals surface area contributed by atoms with Crippen LogP contribution in [-0.4, -0.2) is 30.9 Å². The molecule has 0 radical (unpaired) electrons. The molecule has 0 unspecified atom stereocenters. The van der Waals surface area contributed by atoms with Gasteiger partial charge in [0.2, 0.25) is 0 Å². The molecule has 25 heavy (non-hydrogen) atoms. The molecule has 0 aromatic heterocycles. The van der Waals surface area contributed by atoms with E-state index in [9.17, 15) is 14.4 Å². The average Bonchev–Trinajstić information content (AvgIpc) is 2.58. The topological polar surface area (TPSA) is 84.5 Å². The first-order valence-electron chi connectivity index (χ1n) is 7.88. The summed E-state index contributed by atoms with van der Waals surface area (Å²) in [4.78, 5) is 35.1. The molecule has 0 aliphatic carbocycles. The van der Waals surface area contributed by atoms with E-state index in [4.69, 9.17) is 4.74 Å². The Morgan fingerprint density at radius 1 is 0.920 bits per heavy atom. The van der Waals surface area contributed by atoms with Gasteiger partial charge < -0.3 is 15.4 Å². The molecular weight excluding hydrogens is 320 g/mol.